The van der Waals surface area contributed by atoms with Crippen molar-refractivity contribution < 1.29 is 0 Å². The van der Waals surface area contributed by atoms with Gasteiger partial charge in [-0.25, -0.2) is 9.97 Å². The molecule has 0 aliphatic heterocycles. The van der Waals surface area contributed by atoms with Gasteiger partial charge in [-0.05, 0) is 29.8 Å². The Morgan fingerprint density at radius 2 is 2.12 bits per heavy atom. The summed E-state index contributed by atoms with van der Waals surface area (Å²) in [5.74, 6) is 0.555. The van der Waals surface area contributed by atoms with Gasteiger partial charge in [-0.3, -0.25) is 0 Å². The van der Waals surface area contributed by atoms with Gasteiger partial charge in [0.15, 0.2) is 0 Å². The Kier molecular flexibility index (Phi) is 4.39. The van der Waals surface area contributed by atoms with Crippen LogP contribution in [0.3, 0.4) is 0 Å². The third-order valence-electron chi connectivity index (χ3n) is 3.84. The zero-order chi connectivity index (χ0) is 18.3. The summed E-state index contributed by atoms with van der Waals surface area (Å²) in [4.78, 5) is 16.5. The molecule has 5 nitrogen and oxygen atoms in total. The van der Waals surface area contributed by atoms with Crippen LogP contribution in [0.1, 0.15) is 12.5 Å². The Balaban J connectivity index is 2.14. The zero-order valence-electron chi connectivity index (χ0n) is 13.9. The quantitative estimate of drug-likeness (QED) is 0.481. The first kappa shape index (κ1) is 17.0. The predicted molar refractivity (Wildman–Crippen MR) is 116 cm³/mol. The first-order valence-corrected chi connectivity index (χ1v) is 10.3. The molecule has 0 bridgehead atoms. The van der Waals surface area contributed by atoms with Gasteiger partial charge >= 0.3 is 0 Å². The number of allylic oxidation sites excluding steroid dienone is 1. The number of hydrogen-bond acceptors (Lipinski definition) is 8. The fourth-order valence-corrected chi connectivity index (χ4v) is 5.13. The third kappa shape index (κ3) is 2.76. The maximum absolute atomic E-state index is 6.09. The fourth-order valence-electron chi connectivity index (χ4n) is 2.80. The van der Waals surface area contributed by atoms with Gasteiger partial charge in [-0.2, -0.15) is 4.98 Å². The van der Waals surface area contributed by atoms with Gasteiger partial charge in [0.2, 0.25) is 5.95 Å². The summed E-state index contributed by atoms with van der Waals surface area (Å²) in [6.45, 7) is 5.86. The Bertz CT molecular complexity index is 1160. The van der Waals surface area contributed by atoms with Gasteiger partial charge < -0.3 is 11.5 Å². The monoisotopic (exact) mass is 397 g/mol. The third-order valence-corrected chi connectivity index (χ3v) is 6.71. The number of thioether (sulfide) groups is 1. The molecule has 130 valence electrons. The van der Waals surface area contributed by atoms with Crippen LogP contribution in [0, 0.1) is 0 Å². The maximum atomic E-state index is 6.09. The number of aromatic nitrogens is 3. The summed E-state index contributed by atoms with van der Waals surface area (Å²) in [6, 6.07) is 6.19. The topological polar surface area (TPSA) is 90.7 Å². The molecule has 0 unspecified atom stereocenters. The van der Waals surface area contributed by atoms with Gasteiger partial charge in [0.25, 0.3) is 0 Å². The molecular formula is C18H15N5S3. The minimum absolute atomic E-state index is 0.168. The second kappa shape index (κ2) is 6.71. The van der Waals surface area contributed by atoms with E-state index in [-0.39, 0.29) is 5.95 Å². The molecule has 4 aromatic heterocycles. The van der Waals surface area contributed by atoms with Crippen LogP contribution in [0.4, 0.5) is 11.8 Å². The van der Waals surface area contributed by atoms with Crippen molar-refractivity contribution >= 4 is 71.5 Å². The Hall–Kier alpha value is -2.42. The molecule has 4 N–H and O–H groups in total. The number of thiophene rings is 2. The number of fused-ring (bicyclic) bond motifs is 3. The van der Waals surface area contributed by atoms with Crippen LogP contribution < -0.4 is 11.5 Å². The molecule has 4 aromatic rings. The molecule has 0 aliphatic carbocycles. The van der Waals surface area contributed by atoms with E-state index in [1.807, 2.05) is 23.8 Å². The van der Waals surface area contributed by atoms with Crippen LogP contribution in [-0.4, -0.2) is 15.0 Å². The highest BCUT2D eigenvalue weighted by Gasteiger charge is 2.19. The minimum Gasteiger partial charge on any atom is -0.382 e. The van der Waals surface area contributed by atoms with Gasteiger partial charge in [0.1, 0.15) is 10.6 Å². The summed E-state index contributed by atoms with van der Waals surface area (Å²) in [7, 11) is 0. The summed E-state index contributed by atoms with van der Waals surface area (Å²) >= 11 is 4.73. The zero-order valence-corrected chi connectivity index (χ0v) is 16.3. The average Bonchev–Trinajstić information content (AvgIpc) is 3.27. The molecule has 0 saturated carbocycles. The van der Waals surface area contributed by atoms with Crippen molar-refractivity contribution in [2.75, 3.05) is 11.5 Å². The van der Waals surface area contributed by atoms with Crippen LogP contribution in [0.15, 0.2) is 41.6 Å². The summed E-state index contributed by atoms with van der Waals surface area (Å²) in [5.41, 5.74) is 14.7. The number of pyridine rings is 1. The van der Waals surface area contributed by atoms with E-state index in [0.717, 1.165) is 41.5 Å². The predicted octanol–water partition coefficient (Wildman–Crippen LogP) is 5.37. The van der Waals surface area contributed by atoms with E-state index >= 15 is 0 Å². The highest BCUT2D eigenvalue weighted by Crippen LogP contribution is 2.43. The lowest BCUT2D eigenvalue weighted by Crippen LogP contribution is -1.99. The standard InChI is InChI=1S/C18H15N5S3/c1-3-11(24-4-2)9-8-10(12-6-5-7-25-12)21-17-13(9)14-15(26-17)16(19)23-18(20)22-14/h3-8H,2H2,1H3,(H4,19,20,22,23)/b11-3-. The van der Waals surface area contributed by atoms with Crippen molar-refractivity contribution in [3.05, 3.63) is 47.2 Å². The maximum Gasteiger partial charge on any atom is 0.222 e. The molecule has 8 heteroatoms. The number of rotatable bonds is 4. The van der Waals surface area contributed by atoms with Crippen LogP contribution >= 0.6 is 34.4 Å². The molecule has 0 saturated heterocycles. The van der Waals surface area contributed by atoms with E-state index in [1.165, 1.54) is 11.3 Å². The van der Waals surface area contributed by atoms with E-state index in [1.54, 1.807) is 23.1 Å². The lowest BCUT2D eigenvalue weighted by atomic mass is 10.1. The Morgan fingerprint density at radius 3 is 2.81 bits per heavy atom. The molecule has 4 rings (SSSR count). The van der Waals surface area contributed by atoms with Crippen molar-refractivity contribution in [3.63, 3.8) is 0 Å². The number of nitrogens with zero attached hydrogens (tertiary/aromatic N) is 3. The molecule has 0 radical (unpaired) electrons. The largest absolute Gasteiger partial charge is 0.382 e. The van der Waals surface area contributed by atoms with E-state index in [9.17, 15) is 0 Å². The second-order valence-corrected chi connectivity index (χ2v) is 8.35. The first-order valence-electron chi connectivity index (χ1n) is 7.76. The fraction of sp³-hybridized carbons (Fsp3) is 0.0556. The highest BCUT2D eigenvalue weighted by atomic mass is 32.2. The molecule has 0 amide bonds. The Morgan fingerprint density at radius 1 is 1.27 bits per heavy atom. The van der Waals surface area contributed by atoms with Gasteiger partial charge in [-0.15, -0.1) is 22.7 Å². The van der Waals surface area contributed by atoms with Gasteiger partial charge in [0.05, 0.1) is 20.8 Å². The molecule has 0 aromatic carbocycles. The normalized spacial score (nSPS) is 12.1. The van der Waals surface area contributed by atoms with Crippen molar-refractivity contribution in [2.45, 2.75) is 6.92 Å². The number of nitrogen functional groups attached to an aromatic ring is 2. The molecular weight excluding hydrogens is 382 g/mol. The van der Waals surface area contributed by atoms with E-state index < -0.39 is 0 Å². The summed E-state index contributed by atoms with van der Waals surface area (Å²) in [6.07, 6.45) is 2.07. The molecule has 4 heterocycles. The van der Waals surface area contributed by atoms with Crippen LogP contribution in [0.25, 0.3) is 35.9 Å². The Labute approximate surface area is 162 Å². The van der Waals surface area contributed by atoms with Gasteiger partial charge in [0, 0.05) is 15.9 Å². The van der Waals surface area contributed by atoms with Crippen LogP contribution in [0.2, 0.25) is 0 Å². The SMILES string of the molecule is C=CS/C(=C\C)c1cc(-c2cccs2)nc2sc3c(N)nc(N)nc3c12. The highest BCUT2D eigenvalue weighted by molar-refractivity contribution is 8.10. The van der Waals surface area contributed by atoms with Crippen molar-refractivity contribution in [2.24, 2.45) is 0 Å². The second-order valence-electron chi connectivity index (χ2n) is 5.40. The number of nitrogens with two attached hydrogens (primary N) is 2. The number of anilines is 2. The lowest BCUT2D eigenvalue weighted by molar-refractivity contribution is 1.26. The summed E-state index contributed by atoms with van der Waals surface area (Å²) in [5, 5.41) is 4.82. The summed E-state index contributed by atoms with van der Waals surface area (Å²) < 4.78 is 0.810. The van der Waals surface area contributed by atoms with E-state index in [0.29, 0.717) is 5.82 Å². The minimum atomic E-state index is 0.168. The molecule has 0 atom stereocenters. The van der Waals surface area contributed by atoms with Crippen molar-refractivity contribution in [1.82, 2.24) is 15.0 Å². The van der Waals surface area contributed by atoms with Crippen LogP contribution in [-0.2, 0) is 0 Å². The molecule has 0 fully saturated rings. The molecule has 0 spiro atoms. The van der Waals surface area contributed by atoms with Crippen molar-refractivity contribution in [3.8, 4) is 10.6 Å². The molecule has 26 heavy (non-hydrogen) atoms. The smallest absolute Gasteiger partial charge is 0.222 e. The lowest BCUT2D eigenvalue weighted by Gasteiger charge is -2.09. The van der Waals surface area contributed by atoms with Crippen LogP contribution in [0.5, 0.6) is 0 Å². The average molecular weight is 398 g/mol. The molecule has 0 aliphatic rings. The number of hydrogen-bond donors (Lipinski definition) is 2. The first-order chi connectivity index (χ1) is 12.6. The van der Waals surface area contributed by atoms with Crippen molar-refractivity contribution in [1.29, 1.82) is 0 Å². The van der Waals surface area contributed by atoms with Gasteiger partial charge in [-0.1, -0.05) is 30.5 Å². The van der Waals surface area contributed by atoms with E-state index in [2.05, 4.69) is 34.8 Å². The van der Waals surface area contributed by atoms with E-state index in [4.69, 9.17) is 16.5 Å².